The monoisotopic (exact) mass is 421 g/mol. The van der Waals surface area contributed by atoms with Gasteiger partial charge in [-0.3, -0.25) is 9.59 Å². The Kier molecular flexibility index (Phi) is 5.24. The van der Waals surface area contributed by atoms with Crippen LogP contribution in [0.25, 0.3) is 5.69 Å². The molecule has 1 aromatic heterocycles. The van der Waals surface area contributed by atoms with Crippen LogP contribution in [0, 0.1) is 18.3 Å². The number of anilines is 1. The normalized spacial score (nSPS) is 10.3. The molecule has 0 bridgehead atoms. The maximum atomic E-state index is 13.3. The fourth-order valence-electron chi connectivity index (χ4n) is 2.98. The number of amides is 1. The smallest absolute Gasteiger partial charge is 0.221 e. The largest absolute Gasteiger partial charge is 0.323 e. The van der Waals surface area contributed by atoms with Crippen LogP contribution in [0.1, 0.15) is 34.2 Å². The molecule has 3 aromatic rings. The van der Waals surface area contributed by atoms with Crippen LogP contribution in [-0.2, 0) is 4.79 Å². The third kappa shape index (κ3) is 3.55. The number of benzene rings is 2. The first-order valence-electron chi connectivity index (χ1n) is 8.22. The van der Waals surface area contributed by atoms with E-state index in [0.29, 0.717) is 11.3 Å². The second-order valence-corrected chi connectivity index (χ2v) is 6.90. The van der Waals surface area contributed by atoms with Gasteiger partial charge in [0, 0.05) is 28.3 Å². The van der Waals surface area contributed by atoms with Gasteiger partial charge in [0.05, 0.1) is 11.3 Å². The van der Waals surface area contributed by atoms with Gasteiger partial charge < -0.3 is 9.88 Å². The molecular weight excluding hydrogens is 406 g/mol. The number of ketones is 1. The zero-order chi connectivity index (χ0) is 19.6. The molecule has 2 aromatic carbocycles. The molecule has 0 saturated carbocycles. The Morgan fingerprint density at radius 2 is 1.70 bits per heavy atom. The minimum absolute atomic E-state index is 0.235. The fourth-order valence-corrected chi connectivity index (χ4v) is 3.24. The van der Waals surface area contributed by atoms with E-state index in [4.69, 9.17) is 0 Å². The maximum Gasteiger partial charge on any atom is 0.221 e. The quantitative estimate of drug-likeness (QED) is 0.624. The lowest BCUT2D eigenvalue weighted by atomic mass is 10.1. The highest BCUT2D eigenvalue weighted by Crippen LogP contribution is 2.32. The SMILES string of the molecule is CC(=O)Nc1c(C#N)c(C)n(-c2ccccc2)c1C(=O)c1ccc(Br)cc1. The summed E-state index contributed by atoms with van der Waals surface area (Å²) in [4.78, 5) is 25.1. The van der Waals surface area contributed by atoms with Crippen molar-refractivity contribution in [1.82, 2.24) is 4.57 Å². The van der Waals surface area contributed by atoms with Crippen LogP contribution in [0.4, 0.5) is 5.69 Å². The number of aromatic nitrogens is 1. The predicted molar refractivity (Wildman–Crippen MR) is 107 cm³/mol. The molecular formula is C21H16BrN3O2. The molecule has 3 rings (SSSR count). The van der Waals surface area contributed by atoms with Gasteiger partial charge in [-0.2, -0.15) is 5.26 Å². The molecule has 1 amide bonds. The summed E-state index contributed by atoms with van der Waals surface area (Å²) in [5, 5.41) is 12.3. The van der Waals surface area contributed by atoms with Crippen LogP contribution in [0.5, 0.6) is 0 Å². The van der Waals surface area contributed by atoms with Gasteiger partial charge in [-0.15, -0.1) is 0 Å². The zero-order valence-corrected chi connectivity index (χ0v) is 16.4. The summed E-state index contributed by atoms with van der Waals surface area (Å²) in [6.07, 6.45) is 0. The Morgan fingerprint density at radius 1 is 1.07 bits per heavy atom. The molecule has 0 fully saturated rings. The van der Waals surface area contributed by atoms with Crippen molar-refractivity contribution in [2.24, 2.45) is 0 Å². The van der Waals surface area contributed by atoms with Gasteiger partial charge in [0.25, 0.3) is 0 Å². The average molecular weight is 422 g/mol. The number of para-hydroxylation sites is 1. The van der Waals surface area contributed by atoms with E-state index in [1.54, 1.807) is 35.8 Å². The topological polar surface area (TPSA) is 74.9 Å². The summed E-state index contributed by atoms with van der Waals surface area (Å²) in [5.74, 6) is -0.624. The molecule has 6 heteroatoms. The van der Waals surface area contributed by atoms with Gasteiger partial charge in [0.1, 0.15) is 11.8 Å². The standard InChI is InChI=1S/C21H16BrN3O2/c1-13-18(12-23)19(24-14(2)26)20(25(13)17-6-4-3-5-7-17)21(27)15-8-10-16(22)11-9-15/h3-11H,1-2H3,(H,24,26). The Labute approximate surface area is 165 Å². The highest BCUT2D eigenvalue weighted by atomic mass is 79.9. The molecule has 0 saturated heterocycles. The molecule has 5 nitrogen and oxygen atoms in total. The van der Waals surface area contributed by atoms with E-state index in [1.165, 1.54) is 6.92 Å². The molecule has 134 valence electrons. The molecule has 0 aliphatic rings. The maximum absolute atomic E-state index is 13.3. The number of halogens is 1. The van der Waals surface area contributed by atoms with E-state index < -0.39 is 0 Å². The molecule has 0 unspecified atom stereocenters. The number of nitrogens with zero attached hydrogens (tertiary/aromatic N) is 2. The number of carbonyl (C=O) groups excluding carboxylic acids is 2. The average Bonchev–Trinajstić information content (AvgIpc) is 2.93. The summed E-state index contributed by atoms with van der Waals surface area (Å²) >= 11 is 3.36. The molecule has 0 radical (unpaired) electrons. The number of carbonyl (C=O) groups is 2. The highest BCUT2D eigenvalue weighted by molar-refractivity contribution is 9.10. The van der Waals surface area contributed by atoms with Gasteiger partial charge in [0.2, 0.25) is 11.7 Å². The predicted octanol–water partition coefficient (Wildman–Crippen LogP) is 4.61. The molecule has 1 heterocycles. The second kappa shape index (κ2) is 7.60. The Bertz CT molecular complexity index is 1060. The Morgan fingerprint density at radius 3 is 2.26 bits per heavy atom. The Balaban J connectivity index is 2.32. The first-order valence-corrected chi connectivity index (χ1v) is 9.02. The van der Waals surface area contributed by atoms with Crippen LogP contribution < -0.4 is 5.32 Å². The van der Waals surface area contributed by atoms with Crippen LogP contribution in [0.3, 0.4) is 0 Å². The number of rotatable bonds is 4. The lowest BCUT2D eigenvalue weighted by Crippen LogP contribution is -2.15. The van der Waals surface area contributed by atoms with Crippen LogP contribution >= 0.6 is 15.9 Å². The number of hydrogen-bond donors (Lipinski definition) is 1. The van der Waals surface area contributed by atoms with E-state index in [9.17, 15) is 14.9 Å². The molecule has 0 spiro atoms. The van der Waals surface area contributed by atoms with Gasteiger partial charge in [-0.05, 0) is 43.3 Å². The summed E-state index contributed by atoms with van der Waals surface area (Å²) in [6.45, 7) is 3.11. The molecule has 27 heavy (non-hydrogen) atoms. The first-order chi connectivity index (χ1) is 12.9. The summed E-state index contributed by atoms with van der Waals surface area (Å²) in [5.41, 5.74) is 2.56. The van der Waals surface area contributed by atoms with Crippen LogP contribution in [-0.4, -0.2) is 16.3 Å². The van der Waals surface area contributed by atoms with Gasteiger partial charge >= 0.3 is 0 Å². The summed E-state index contributed by atoms with van der Waals surface area (Å²) in [6, 6.07) is 18.4. The van der Waals surface area contributed by atoms with Crippen molar-refractivity contribution in [1.29, 1.82) is 5.26 Å². The van der Waals surface area contributed by atoms with Crippen LogP contribution in [0.2, 0.25) is 0 Å². The third-order valence-corrected chi connectivity index (χ3v) is 4.69. The summed E-state index contributed by atoms with van der Waals surface area (Å²) in [7, 11) is 0. The molecule has 0 aliphatic carbocycles. The molecule has 0 atom stereocenters. The van der Waals surface area contributed by atoms with Gasteiger partial charge in [0.15, 0.2) is 0 Å². The van der Waals surface area contributed by atoms with Crippen molar-refractivity contribution in [3.05, 3.63) is 81.6 Å². The molecule has 1 N–H and O–H groups in total. The van der Waals surface area contributed by atoms with Crippen molar-refractivity contribution >= 4 is 33.3 Å². The van der Waals surface area contributed by atoms with Gasteiger partial charge in [-0.1, -0.05) is 34.1 Å². The minimum atomic E-state index is -0.346. The number of nitrogens with one attached hydrogen (secondary N) is 1. The minimum Gasteiger partial charge on any atom is -0.323 e. The van der Waals surface area contributed by atoms with Crippen molar-refractivity contribution in [3.63, 3.8) is 0 Å². The van der Waals surface area contributed by atoms with Crippen molar-refractivity contribution < 1.29 is 9.59 Å². The third-order valence-electron chi connectivity index (χ3n) is 4.16. The molecule has 0 aliphatic heterocycles. The highest BCUT2D eigenvalue weighted by Gasteiger charge is 2.27. The van der Waals surface area contributed by atoms with E-state index in [-0.39, 0.29) is 28.6 Å². The first kappa shape index (κ1) is 18.6. The lowest BCUT2D eigenvalue weighted by Gasteiger charge is -2.12. The Hall–Kier alpha value is -3.17. The van der Waals surface area contributed by atoms with E-state index in [2.05, 4.69) is 27.3 Å². The lowest BCUT2D eigenvalue weighted by molar-refractivity contribution is -0.114. The van der Waals surface area contributed by atoms with Crippen LogP contribution in [0.15, 0.2) is 59.1 Å². The number of nitriles is 1. The summed E-state index contributed by atoms with van der Waals surface area (Å²) < 4.78 is 2.57. The van der Waals surface area contributed by atoms with E-state index in [0.717, 1.165) is 10.2 Å². The van der Waals surface area contributed by atoms with Gasteiger partial charge in [-0.25, -0.2) is 0 Å². The van der Waals surface area contributed by atoms with E-state index >= 15 is 0 Å². The second-order valence-electron chi connectivity index (χ2n) is 5.98. The number of hydrogen-bond acceptors (Lipinski definition) is 3. The van der Waals surface area contributed by atoms with Crippen molar-refractivity contribution in [3.8, 4) is 11.8 Å². The van der Waals surface area contributed by atoms with E-state index in [1.807, 2.05) is 30.3 Å². The zero-order valence-electron chi connectivity index (χ0n) is 14.8. The fraction of sp³-hybridized carbons (Fsp3) is 0.0952. The van der Waals surface area contributed by atoms with Crippen molar-refractivity contribution in [2.75, 3.05) is 5.32 Å². The van der Waals surface area contributed by atoms with Crippen molar-refractivity contribution in [2.45, 2.75) is 13.8 Å².